The van der Waals surface area contributed by atoms with Gasteiger partial charge in [-0.15, -0.1) is 0 Å². The van der Waals surface area contributed by atoms with Gasteiger partial charge in [-0.2, -0.15) is 5.10 Å². The summed E-state index contributed by atoms with van der Waals surface area (Å²) in [5, 5.41) is 13.3. The number of rotatable bonds is 3. The summed E-state index contributed by atoms with van der Waals surface area (Å²) < 4.78 is 1.89. The average Bonchev–Trinajstić information content (AvgIpc) is 2.68. The van der Waals surface area contributed by atoms with E-state index in [-0.39, 0.29) is 5.75 Å². The van der Waals surface area contributed by atoms with Crippen molar-refractivity contribution in [2.24, 2.45) is 0 Å². The van der Waals surface area contributed by atoms with E-state index in [1.54, 1.807) is 18.3 Å². The molecule has 4 nitrogen and oxygen atoms in total. The molecule has 2 rings (SSSR count). The van der Waals surface area contributed by atoms with Gasteiger partial charge in [0.25, 0.3) is 0 Å². The molecule has 0 fully saturated rings. The predicted octanol–water partition coefficient (Wildman–Crippen LogP) is 2.06. The number of aromatic nitrogens is 3. The van der Waals surface area contributed by atoms with Crippen molar-refractivity contribution in [3.05, 3.63) is 30.7 Å². The molecule has 0 aliphatic rings. The van der Waals surface area contributed by atoms with Crippen molar-refractivity contribution < 1.29 is 5.11 Å². The highest BCUT2D eigenvalue weighted by Crippen LogP contribution is 2.17. The largest absolute Gasteiger partial charge is 0.506 e. The van der Waals surface area contributed by atoms with E-state index in [1.165, 1.54) is 6.20 Å². The molecule has 0 saturated heterocycles. The van der Waals surface area contributed by atoms with Crippen LogP contribution in [0.2, 0.25) is 0 Å². The number of aromatic hydroxyl groups is 1. The summed E-state index contributed by atoms with van der Waals surface area (Å²) in [5.74, 6) is 0.180. The third kappa shape index (κ3) is 2.15. The van der Waals surface area contributed by atoms with E-state index in [1.807, 2.05) is 10.9 Å². The van der Waals surface area contributed by atoms with Gasteiger partial charge in [-0.1, -0.05) is 6.92 Å². The summed E-state index contributed by atoms with van der Waals surface area (Å²) >= 11 is 0. The van der Waals surface area contributed by atoms with Crippen molar-refractivity contribution in [3.63, 3.8) is 0 Å². The summed E-state index contributed by atoms with van der Waals surface area (Å²) in [4.78, 5) is 4.12. The van der Waals surface area contributed by atoms with Crippen molar-refractivity contribution in [1.82, 2.24) is 14.8 Å². The number of nitrogens with zero attached hydrogens (tertiary/aromatic N) is 3. The summed E-state index contributed by atoms with van der Waals surface area (Å²) in [6, 6.07) is 3.40. The van der Waals surface area contributed by atoms with Crippen LogP contribution >= 0.6 is 0 Å². The van der Waals surface area contributed by atoms with E-state index in [9.17, 15) is 0 Å². The van der Waals surface area contributed by atoms with E-state index in [4.69, 9.17) is 5.11 Å². The molecule has 0 unspecified atom stereocenters. The second kappa shape index (κ2) is 4.13. The van der Waals surface area contributed by atoms with Crippen molar-refractivity contribution in [3.8, 4) is 17.0 Å². The predicted molar refractivity (Wildman–Crippen MR) is 57.4 cm³/mol. The first-order chi connectivity index (χ1) is 7.29. The van der Waals surface area contributed by atoms with Gasteiger partial charge < -0.3 is 5.11 Å². The summed E-state index contributed by atoms with van der Waals surface area (Å²) in [6.07, 6.45) is 6.24. The van der Waals surface area contributed by atoms with E-state index >= 15 is 0 Å². The van der Waals surface area contributed by atoms with E-state index in [0.29, 0.717) is 0 Å². The second-order valence-electron chi connectivity index (χ2n) is 3.39. The summed E-state index contributed by atoms with van der Waals surface area (Å²) in [7, 11) is 0. The zero-order valence-corrected chi connectivity index (χ0v) is 8.59. The first-order valence-corrected chi connectivity index (χ1v) is 4.97. The van der Waals surface area contributed by atoms with Crippen LogP contribution in [0.3, 0.4) is 0 Å². The number of hydrogen-bond acceptors (Lipinski definition) is 3. The minimum atomic E-state index is 0.180. The lowest BCUT2D eigenvalue weighted by Gasteiger charge is -1.96. The fraction of sp³-hybridized carbons (Fsp3) is 0.273. The standard InChI is InChI=1S/C11H13N3O/c1-2-5-14-8-9(6-13-14)11-4-3-10(15)7-12-11/h3-4,6-8,15H,2,5H2,1H3. The topological polar surface area (TPSA) is 50.9 Å². The van der Waals surface area contributed by atoms with Gasteiger partial charge in [0.2, 0.25) is 0 Å². The Hall–Kier alpha value is -1.84. The van der Waals surface area contributed by atoms with Crippen LogP contribution in [0.15, 0.2) is 30.7 Å². The summed E-state index contributed by atoms with van der Waals surface area (Å²) in [5.41, 5.74) is 1.80. The number of hydrogen-bond donors (Lipinski definition) is 1. The van der Waals surface area contributed by atoms with Crippen molar-refractivity contribution in [2.45, 2.75) is 19.9 Å². The molecule has 0 saturated carbocycles. The maximum absolute atomic E-state index is 9.11. The van der Waals surface area contributed by atoms with Crippen LogP contribution in [0.4, 0.5) is 0 Å². The van der Waals surface area contributed by atoms with Gasteiger partial charge in [0.15, 0.2) is 0 Å². The average molecular weight is 203 g/mol. The van der Waals surface area contributed by atoms with Gasteiger partial charge >= 0.3 is 0 Å². The molecule has 0 bridgehead atoms. The van der Waals surface area contributed by atoms with E-state index in [0.717, 1.165) is 24.2 Å². The van der Waals surface area contributed by atoms with E-state index in [2.05, 4.69) is 17.0 Å². The molecule has 0 amide bonds. The Morgan fingerprint density at radius 1 is 1.33 bits per heavy atom. The Bertz CT molecular complexity index is 433. The minimum absolute atomic E-state index is 0.180. The molecule has 2 aromatic heterocycles. The van der Waals surface area contributed by atoms with Gasteiger partial charge in [-0.05, 0) is 18.6 Å². The lowest BCUT2D eigenvalue weighted by Crippen LogP contribution is -1.95. The van der Waals surface area contributed by atoms with Crippen molar-refractivity contribution >= 4 is 0 Å². The molecule has 0 spiro atoms. The lowest BCUT2D eigenvalue weighted by molar-refractivity contribution is 0.473. The maximum atomic E-state index is 9.11. The van der Waals surface area contributed by atoms with Gasteiger partial charge in [-0.25, -0.2) is 0 Å². The highest BCUT2D eigenvalue weighted by atomic mass is 16.3. The van der Waals surface area contributed by atoms with Gasteiger partial charge in [0.1, 0.15) is 5.75 Å². The molecule has 15 heavy (non-hydrogen) atoms. The molecule has 0 aromatic carbocycles. The SMILES string of the molecule is CCCn1cc(-c2ccc(O)cn2)cn1. The fourth-order valence-corrected chi connectivity index (χ4v) is 1.40. The third-order valence-corrected chi connectivity index (χ3v) is 2.13. The van der Waals surface area contributed by atoms with Crippen molar-refractivity contribution in [2.75, 3.05) is 0 Å². The zero-order valence-electron chi connectivity index (χ0n) is 8.59. The van der Waals surface area contributed by atoms with Crippen LogP contribution in [0.5, 0.6) is 5.75 Å². The number of pyridine rings is 1. The molecule has 1 N–H and O–H groups in total. The Morgan fingerprint density at radius 3 is 2.87 bits per heavy atom. The molecule has 2 heterocycles. The summed E-state index contributed by atoms with van der Waals surface area (Å²) in [6.45, 7) is 3.03. The van der Waals surface area contributed by atoms with E-state index < -0.39 is 0 Å². The Morgan fingerprint density at radius 2 is 2.20 bits per heavy atom. The monoisotopic (exact) mass is 203 g/mol. The minimum Gasteiger partial charge on any atom is -0.506 e. The number of aryl methyl sites for hydroxylation is 1. The Labute approximate surface area is 88.2 Å². The lowest BCUT2D eigenvalue weighted by atomic mass is 10.2. The van der Waals surface area contributed by atoms with Gasteiger partial charge in [-0.3, -0.25) is 9.67 Å². The van der Waals surface area contributed by atoms with Crippen molar-refractivity contribution in [1.29, 1.82) is 0 Å². The molecular formula is C11H13N3O. The van der Waals surface area contributed by atoms with Crippen LogP contribution in [0, 0.1) is 0 Å². The first kappa shape index (κ1) is 9.71. The van der Waals surface area contributed by atoms with Crippen LogP contribution in [0.1, 0.15) is 13.3 Å². The Kier molecular flexibility index (Phi) is 2.67. The quantitative estimate of drug-likeness (QED) is 0.830. The second-order valence-corrected chi connectivity index (χ2v) is 3.39. The molecule has 0 aliphatic heterocycles. The van der Waals surface area contributed by atoms with Gasteiger partial charge in [0.05, 0.1) is 18.1 Å². The molecule has 0 aliphatic carbocycles. The molecule has 0 atom stereocenters. The smallest absolute Gasteiger partial charge is 0.133 e. The van der Waals surface area contributed by atoms with Gasteiger partial charge in [0, 0.05) is 18.3 Å². The van der Waals surface area contributed by atoms with Crippen LogP contribution in [0.25, 0.3) is 11.3 Å². The fourth-order valence-electron chi connectivity index (χ4n) is 1.40. The highest BCUT2D eigenvalue weighted by molar-refractivity contribution is 5.57. The zero-order chi connectivity index (χ0) is 10.7. The molecule has 0 radical (unpaired) electrons. The van der Waals surface area contributed by atoms with Crippen LogP contribution in [-0.4, -0.2) is 19.9 Å². The molecule has 4 heteroatoms. The third-order valence-electron chi connectivity index (χ3n) is 2.13. The molecule has 2 aromatic rings. The first-order valence-electron chi connectivity index (χ1n) is 4.97. The molecule has 78 valence electrons. The van der Waals surface area contributed by atoms with Crippen LogP contribution < -0.4 is 0 Å². The molecular weight excluding hydrogens is 190 g/mol. The normalized spacial score (nSPS) is 10.5. The Balaban J connectivity index is 2.25. The highest BCUT2D eigenvalue weighted by Gasteiger charge is 2.02. The maximum Gasteiger partial charge on any atom is 0.133 e. The van der Waals surface area contributed by atoms with Crippen LogP contribution in [-0.2, 0) is 6.54 Å².